The molecule has 0 fully saturated rings. The van der Waals surface area contributed by atoms with E-state index in [4.69, 9.17) is 11.6 Å². The minimum Gasteiger partial charge on any atom is -0.358 e. The normalized spacial score (nSPS) is 20.8. The van der Waals surface area contributed by atoms with Gasteiger partial charge in [-0.05, 0) is 13.3 Å². The van der Waals surface area contributed by atoms with Crippen LogP contribution >= 0.6 is 11.6 Å². The third-order valence-corrected chi connectivity index (χ3v) is 2.94. The monoisotopic (exact) mass is 213 g/mol. The standard InChI is InChI=1S/C9H12ClN3O/c1-6-3-4-13-8(12(6)2)5-7(10)11-9(13)14/h5-6H,3-4H2,1-2H3/t6-/m0/s1. The molecular formula is C9H12ClN3O. The summed E-state index contributed by atoms with van der Waals surface area (Å²) in [6.45, 7) is 2.85. The fraction of sp³-hybridized carbons (Fsp3) is 0.556. The summed E-state index contributed by atoms with van der Waals surface area (Å²) >= 11 is 5.74. The van der Waals surface area contributed by atoms with Crippen LogP contribution in [0.15, 0.2) is 10.9 Å². The highest BCUT2D eigenvalue weighted by molar-refractivity contribution is 6.29. The molecule has 0 saturated carbocycles. The van der Waals surface area contributed by atoms with Gasteiger partial charge < -0.3 is 4.90 Å². The predicted octanol–water partition coefficient (Wildman–Crippen LogP) is 1.13. The van der Waals surface area contributed by atoms with Crippen LogP contribution in [-0.4, -0.2) is 22.6 Å². The van der Waals surface area contributed by atoms with Gasteiger partial charge in [0, 0.05) is 25.7 Å². The van der Waals surface area contributed by atoms with E-state index in [2.05, 4.69) is 16.8 Å². The second-order valence-corrected chi connectivity index (χ2v) is 4.01. The molecule has 4 nitrogen and oxygen atoms in total. The lowest BCUT2D eigenvalue weighted by atomic mass is 10.1. The van der Waals surface area contributed by atoms with Crippen LogP contribution in [0.3, 0.4) is 0 Å². The molecule has 76 valence electrons. The van der Waals surface area contributed by atoms with Crippen molar-refractivity contribution < 1.29 is 0 Å². The lowest BCUT2D eigenvalue weighted by Gasteiger charge is -2.33. The molecule has 5 heteroatoms. The first kappa shape index (κ1) is 9.52. The molecule has 0 saturated heterocycles. The largest absolute Gasteiger partial charge is 0.358 e. The van der Waals surface area contributed by atoms with Gasteiger partial charge in [0.2, 0.25) is 0 Å². The number of rotatable bonds is 0. The van der Waals surface area contributed by atoms with Crippen LogP contribution in [0.4, 0.5) is 5.82 Å². The molecule has 0 N–H and O–H groups in total. The average molecular weight is 214 g/mol. The Morgan fingerprint density at radius 3 is 3.07 bits per heavy atom. The summed E-state index contributed by atoms with van der Waals surface area (Å²) in [4.78, 5) is 17.2. The molecule has 1 atom stereocenters. The molecule has 1 aliphatic heterocycles. The predicted molar refractivity (Wildman–Crippen MR) is 56.0 cm³/mol. The summed E-state index contributed by atoms with van der Waals surface area (Å²) in [6, 6.07) is 2.17. The highest BCUT2D eigenvalue weighted by atomic mass is 35.5. The zero-order chi connectivity index (χ0) is 10.3. The van der Waals surface area contributed by atoms with Crippen molar-refractivity contribution in [2.24, 2.45) is 0 Å². The third-order valence-electron chi connectivity index (χ3n) is 2.75. The van der Waals surface area contributed by atoms with E-state index in [0.29, 0.717) is 6.04 Å². The Bertz CT molecular complexity index is 415. The molecule has 1 aromatic rings. The zero-order valence-corrected chi connectivity index (χ0v) is 8.95. The Hall–Kier alpha value is -1.03. The van der Waals surface area contributed by atoms with E-state index in [9.17, 15) is 4.79 Å². The Morgan fingerprint density at radius 2 is 2.36 bits per heavy atom. The molecule has 0 bridgehead atoms. The summed E-state index contributed by atoms with van der Waals surface area (Å²) in [7, 11) is 1.96. The van der Waals surface area contributed by atoms with E-state index in [1.165, 1.54) is 0 Å². The van der Waals surface area contributed by atoms with Crippen molar-refractivity contribution in [2.45, 2.75) is 25.9 Å². The van der Waals surface area contributed by atoms with Crippen LogP contribution in [0, 0.1) is 0 Å². The van der Waals surface area contributed by atoms with Gasteiger partial charge in [0.05, 0.1) is 0 Å². The van der Waals surface area contributed by atoms with E-state index in [1.807, 2.05) is 7.05 Å². The number of hydrogen-bond acceptors (Lipinski definition) is 3. The smallest absolute Gasteiger partial charge is 0.350 e. The molecule has 0 spiro atoms. The number of fused-ring (bicyclic) bond motifs is 1. The van der Waals surface area contributed by atoms with Gasteiger partial charge in [0.1, 0.15) is 11.0 Å². The average Bonchev–Trinajstić information content (AvgIpc) is 2.12. The molecule has 14 heavy (non-hydrogen) atoms. The lowest BCUT2D eigenvalue weighted by molar-refractivity contribution is 0.480. The maximum absolute atomic E-state index is 11.5. The molecule has 1 aliphatic rings. The first-order valence-corrected chi connectivity index (χ1v) is 4.97. The van der Waals surface area contributed by atoms with Gasteiger partial charge in [-0.3, -0.25) is 4.57 Å². The molecule has 0 amide bonds. The lowest BCUT2D eigenvalue weighted by Crippen LogP contribution is -2.41. The Kier molecular flexibility index (Phi) is 2.23. The Labute approximate surface area is 87.1 Å². The summed E-state index contributed by atoms with van der Waals surface area (Å²) in [5.41, 5.74) is -0.258. The van der Waals surface area contributed by atoms with E-state index in [0.717, 1.165) is 18.8 Å². The third kappa shape index (κ3) is 1.39. The van der Waals surface area contributed by atoms with Gasteiger partial charge in [-0.2, -0.15) is 4.98 Å². The molecule has 0 aliphatic carbocycles. The molecular weight excluding hydrogens is 202 g/mol. The van der Waals surface area contributed by atoms with Crippen molar-refractivity contribution >= 4 is 17.4 Å². The zero-order valence-electron chi connectivity index (χ0n) is 8.20. The van der Waals surface area contributed by atoms with Gasteiger partial charge in [0.15, 0.2) is 0 Å². The first-order valence-electron chi connectivity index (χ1n) is 4.60. The topological polar surface area (TPSA) is 38.1 Å². The summed E-state index contributed by atoms with van der Waals surface area (Å²) in [5.74, 6) is 0.855. The second-order valence-electron chi connectivity index (χ2n) is 3.62. The van der Waals surface area contributed by atoms with Crippen LogP contribution < -0.4 is 10.6 Å². The summed E-state index contributed by atoms with van der Waals surface area (Å²) < 4.78 is 1.66. The quantitative estimate of drug-likeness (QED) is 0.607. The molecule has 2 heterocycles. The summed E-state index contributed by atoms with van der Waals surface area (Å²) in [5, 5.41) is 0.266. The van der Waals surface area contributed by atoms with Gasteiger partial charge in [-0.15, -0.1) is 0 Å². The van der Waals surface area contributed by atoms with Crippen LogP contribution in [0.1, 0.15) is 13.3 Å². The van der Waals surface area contributed by atoms with Gasteiger partial charge >= 0.3 is 5.69 Å². The van der Waals surface area contributed by atoms with Crippen molar-refractivity contribution in [1.82, 2.24) is 9.55 Å². The molecule has 0 unspecified atom stereocenters. The Morgan fingerprint density at radius 1 is 1.64 bits per heavy atom. The fourth-order valence-corrected chi connectivity index (χ4v) is 1.87. The number of aromatic nitrogens is 2. The highest BCUT2D eigenvalue weighted by Gasteiger charge is 2.21. The number of anilines is 1. The SMILES string of the molecule is C[C@H]1CCn2c(cc(Cl)nc2=O)N1C. The molecule has 2 rings (SSSR count). The van der Waals surface area contributed by atoms with E-state index >= 15 is 0 Å². The number of nitrogens with zero attached hydrogens (tertiary/aromatic N) is 3. The molecule has 0 aromatic carbocycles. The first-order chi connectivity index (χ1) is 6.59. The van der Waals surface area contributed by atoms with Crippen molar-refractivity contribution in [3.05, 3.63) is 21.7 Å². The van der Waals surface area contributed by atoms with Crippen molar-refractivity contribution in [1.29, 1.82) is 0 Å². The summed E-state index contributed by atoms with van der Waals surface area (Å²) in [6.07, 6.45) is 0.965. The van der Waals surface area contributed by atoms with Crippen LogP contribution in [-0.2, 0) is 6.54 Å². The second kappa shape index (κ2) is 3.28. The maximum Gasteiger partial charge on any atom is 0.350 e. The number of halogens is 1. The van der Waals surface area contributed by atoms with Crippen LogP contribution in [0.5, 0.6) is 0 Å². The highest BCUT2D eigenvalue weighted by Crippen LogP contribution is 2.22. The minimum atomic E-state index is -0.258. The van der Waals surface area contributed by atoms with E-state index in [-0.39, 0.29) is 10.8 Å². The number of hydrogen-bond donors (Lipinski definition) is 0. The molecule has 0 radical (unpaired) electrons. The maximum atomic E-state index is 11.5. The van der Waals surface area contributed by atoms with E-state index < -0.39 is 0 Å². The molecule has 1 aromatic heterocycles. The fourth-order valence-electron chi connectivity index (χ4n) is 1.70. The van der Waals surface area contributed by atoms with Crippen molar-refractivity contribution in [2.75, 3.05) is 11.9 Å². The van der Waals surface area contributed by atoms with Crippen molar-refractivity contribution in [3.8, 4) is 0 Å². The van der Waals surface area contributed by atoms with E-state index in [1.54, 1.807) is 10.6 Å². The van der Waals surface area contributed by atoms with Gasteiger partial charge in [0.25, 0.3) is 0 Å². The van der Waals surface area contributed by atoms with Crippen LogP contribution in [0.25, 0.3) is 0 Å². The van der Waals surface area contributed by atoms with Crippen molar-refractivity contribution in [3.63, 3.8) is 0 Å². The minimum absolute atomic E-state index is 0.258. The van der Waals surface area contributed by atoms with Gasteiger partial charge in [-0.1, -0.05) is 11.6 Å². The Balaban J connectivity index is 2.60. The van der Waals surface area contributed by atoms with Gasteiger partial charge in [-0.25, -0.2) is 4.79 Å². The van der Waals surface area contributed by atoms with Crippen LogP contribution in [0.2, 0.25) is 5.15 Å².